The number of aliphatic hydroxyl groups is 3. The summed E-state index contributed by atoms with van der Waals surface area (Å²) in [5.41, 5.74) is -0.440. The monoisotopic (exact) mass is 641 g/mol. The van der Waals surface area contributed by atoms with E-state index in [9.17, 15) is 34.5 Å². The maximum Gasteiger partial charge on any atom is 0.337 e. The summed E-state index contributed by atoms with van der Waals surface area (Å²) < 4.78 is 17.4. The first-order valence-electron chi connectivity index (χ1n) is 15.7. The summed E-state index contributed by atoms with van der Waals surface area (Å²) in [5, 5.41) is 34.4. The fraction of sp³-hybridized carbons (Fsp3) is 0.600. The Morgan fingerprint density at radius 1 is 0.935 bits per heavy atom. The van der Waals surface area contributed by atoms with Crippen molar-refractivity contribution < 1.29 is 48.7 Å². The number of nitrogens with zero attached hydrogens (tertiary/aromatic N) is 1. The minimum Gasteiger partial charge on any atom is -0.458 e. The summed E-state index contributed by atoms with van der Waals surface area (Å²) in [6.45, 7) is 9.47. The highest BCUT2D eigenvalue weighted by atomic mass is 16.6. The van der Waals surface area contributed by atoms with E-state index >= 15 is 0 Å². The van der Waals surface area contributed by atoms with Crippen LogP contribution in [0.3, 0.4) is 0 Å². The van der Waals surface area contributed by atoms with Crippen LogP contribution in [-0.2, 0) is 33.4 Å². The lowest BCUT2D eigenvalue weighted by atomic mass is 9.57. The molecule has 9 atom stereocenters. The summed E-state index contributed by atoms with van der Waals surface area (Å²) in [5.74, 6) is -3.24. The standard InChI is InChI=1S/C35H47NO10/c1-18-24(44-19(2)37)15-23-26(45-20(3)38)14-22-17-35(6,32(42)30(40)28(18)34(23,4)5)27(39)16-25(22)46-33(43)31(41)29(36(7)8)21-12-10-9-11-13-21/h9-14,23-27,29-31,39-41H,15-17H2,1-8H3/b22-14+/t23-,24-,25-,26-,27-,29+,30+,31+,35-/m0/s1. The molecule has 3 aliphatic rings. The van der Waals surface area contributed by atoms with Gasteiger partial charge in [0.25, 0.3) is 0 Å². The highest BCUT2D eigenvalue weighted by Crippen LogP contribution is 2.53. The number of Topliss-reactive ketones (excluding diaryl/α,β-unsaturated/α-hetero) is 1. The molecular formula is C35H47NO10. The number of benzene rings is 1. The minimum atomic E-state index is -1.65. The third-order valence-corrected chi connectivity index (χ3v) is 10.1. The zero-order valence-electron chi connectivity index (χ0n) is 27.9. The van der Waals surface area contributed by atoms with Crippen LogP contribution in [0.2, 0.25) is 0 Å². The molecule has 4 bridgehead atoms. The molecule has 1 fully saturated rings. The Labute approximate surface area is 270 Å². The molecule has 4 rings (SSSR count). The van der Waals surface area contributed by atoms with Crippen LogP contribution < -0.4 is 0 Å². The summed E-state index contributed by atoms with van der Waals surface area (Å²) in [6, 6.07) is 8.28. The lowest BCUT2D eigenvalue weighted by molar-refractivity contribution is -0.167. The van der Waals surface area contributed by atoms with E-state index in [0.717, 1.165) is 0 Å². The molecule has 0 unspecified atom stereocenters. The van der Waals surface area contributed by atoms with Gasteiger partial charge in [-0.25, -0.2) is 4.79 Å². The highest BCUT2D eigenvalue weighted by molar-refractivity contribution is 5.92. The SMILES string of the molecule is CC(=O)O[C@H]1C[C@H]2[C@@H](OC(C)=O)/C=C3\C[C@](C)(C(=O)[C@H](O)C(=C1C)C2(C)C)[C@@H](O)C[C@@H]3OC(=O)[C@H](O)[C@@H](c1ccccc1)N(C)C. The Morgan fingerprint density at radius 3 is 2.11 bits per heavy atom. The van der Waals surface area contributed by atoms with Crippen molar-refractivity contribution in [3.8, 4) is 0 Å². The number of ether oxygens (including phenoxy) is 3. The van der Waals surface area contributed by atoms with Crippen LogP contribution in [0, 0.1) is 16.7 Å². The van der Waals surface area contributed by atoms with Gasteiger partial charge in [0, 0.05) is 26.2 Å². The number of aliphatic hydroxyl groups excluding tert-OH is 3. The molecule has 0 aromatic heterocycles. The Morgan fingerprint density at radius 2 is 1.54 bits per heavy atom. The minimum absolute atomic E-state index is 0.0987. The lowest BCUT2D eigenvalue weighted by Crippen LogP contribution is -2.56. The van der Waals surface area contributed by atoms with Crippen LogP contribution in [0.4, 0.5) is 0 Å². The first-order valence-corrected chi connectivity index (χ1v) is 15.7. The van der Waals surface area contributed by atoms with Crippen LogP contribution in [-0.4, -0.2) is 94.6 Å². The number of carbonyl (C=O) groups excluding carboxylic acids is 4. The predicted octanol–water partition coefficient (Wildman–Crippen LogP) is 2.82. The zero-order chi connectivity index (χ0) is 34.3. The molecule has 0 aliphatic heterocycles. The number of rotatable bonds is 7. The van der Waals surface area contributed by atoms with E-state index in [1.54, 1.807) is 63.2 Å². The molecule has 252 valence electrons. The molecule has 46 heavy (non-hydrogen) atoms. The zero-order valence-corrected chi connectivity index (χ0v) is 27.9. The molecule has 3 aliphatic carbocycles. The van der Waals surface area contributed by atoms with Gasteiger partial charge >= 0.3 is 17.9 Å². The molecule has 0 saturated heterocycles. The van der Waals surface area contributed by atoms with Crippen molar-refractivity contribution in [3.05, 3.63) is 58.7 Å². The number of fused-ring (bicyclic) bond motifs is 4. The van der Waals surface area contributed by atoms with E-state index in [2.05, 4.69) is 0 Å². The number of carbonyl (C=O) groups is 4. The Bertz CT molecular complexity index is 1420. The van der Waals surface area contributed by atoms with E-state index < -0.39 is 83.1 Å². The van der Waals surface area contributed by atoms with Gasteiger partial charge in [-0.15, -0.1) is 0 Å². The molecule has 1 aromatic carbocycles. The fourth-order valence-corrected chi connectivity index (χ4v) is 7.67. The first kappa shape index (κ1) is 35.5. The number of ketones is 1. The Kier molecular flexibility index (Phi) is 10.3. The second kappa shape index (κ2) is 13.4. The smallest absolute Gasteiger partial charge is 0.337 e. The van der Waals surface area contributed by atoms with Crippen molar-refractivity contribution in [2.75, 3.05) is 14.1 Å². The molecule has 0 amide bonds. The number of hydrogen-bond donors (Lipinski definition) is 3. The van der Waals surface area contributed by atoms with Crippen molar-refractivity contribution in [1.82, 2.24) is 4.90 Å². The average molecular weight is 642 g/mol. The maximum absolute atomic E-state index is 14.2. The van der Waals surface area contributed by atoms with E-state index in [1.807, 2.05) is 19.9 Å². The Hall–Kier alpha value is -3.38. The lowest BCUT2D eigenvalue weighted by Gasteiger charge is -2.51. The third kappa shape index (κ3) is 6.69. The van der Waals surface area contributed by atoms with E-state index in [0.29, 0.717) is 22.3 Å². The van der Waals surface area contributed by atoms with Crippen molar-refractivity contribution in [2.45, 2.75) is 103 Å². The van der Waals surface area contributed by atoms with Crippen LogP contribution in [0.15, 0.2) is 53.1 Å². The third-order valence-electron chi connectivity index (χ3n) is 10.1. The molecule has 0 radical (unpaired) electrons. The van der Waals surface area contributed by atoms with Crippen molar-refractivity contribution in [1.29, 1.82) is 0 Å². The summed E-state index contributed by atoms with van der Waals surface area (Å²) >= 11 is 0. The van der Waals surface area contributed by atoms with Gasteiger partial charge in [0.2, 0.25) is 0 Å². The van der Waals surface area contributed by atoms with Gasteiger partial charge in [0.15, 0.2) is 11.9 Å². The van der Waals surface area contributed by atoms with Crippen LogP contribution in [0.1, 0.15) is 72.4 Å². The summed E-state index contributed by atoms with van der Waals surface area (Å²) in [6.07, 6.45) is -5.77. The maximum atomic E-state index is 14.2. The average Bonchev–Trinajstić information content (AvgIpc) is 2.95. The molecule has 1 saturated carbocycles. The quantitative estimate of drug-likeness (QED) is 0.228. The topological polar surface area (TPSA) is 160 Å². The van der Waals surface area contributed by atoms with Crippen molar-refractivity contribution in [3.63, 3.8) is 0 Å². The molecule has 11 nitrogen and oxygen atoms in total. The number of esters is 3. The van der Waals surface area contributed by atoms with E-state index in [1.165, 1.54) is 13.8 Å². The molecule has 1 aromatic rings. The van der Waals surface area contributed by atoms with Crippen LogP contribution in [0.5, 0.6) is 0 Å². The van der Waals surface area contributed by atoms with Gasteiger partial charge in [-0.05, 0) is 74.6 Å². The normalized spacial score (nSPS) is 33.3. The fourth-order valence-electron chi connectivity index (χ4n) is 7.67. The predicted molar refractivity (Wildman–Crippen MR) is 167 cm³/mol. The van der Waals surface area contributed by atoms with Gasteiger partial charge in [0.1, 0.15) is 24.4 Å². The second-order valence-corrected chi connectivity index (χ2v) is 13.9. The summed E-state index contributed by atoms with van der Waals surface area (Å²) in [7, 11) is 3.46. The first-order chi connectivity index (χ1) is 21.4. The van der Waals surface area contributed by atoms with Gasteiger partial charge in [-0.3, -0.25) is 19.3 Å². The molecule has 3 N–H and O–H groups in total. The second-order valence-electron chi connectivity index (χ2n) is 13.9. The van der Waals surface area contributed by atoms with Crippen molar-refractivity contribution in [2.24, 2.45) is 16.7 Å². The van der Waals surface area contributed by atoms with Gasteiger partial charge in [0.05, 0.1) is 17.6 Å². The van der Waals surface area contributed by atoms with Crippen LogP contribution >= 0.6 is 0 Å². The highest BCUT2D eigenvalue weighted by Gasteiger charge is 2.56. The summed E-state index contributed by atoms with van der Waals surface area (Å²) in [4.78, 5) is 54.0. The number of likely N-dealkylation sites (N-methyl/N-ethyl adjacent to an activating group) is 1. The van der Waals surface area contributed by atoms with E-state index in [-0.39, 0.29) is 19.3 Å². The molecular weight excluding hydrogens is 594 g/mol. The number of hydrogen-bond acceptors (Lipinski definition) is 11. The van der Waals surface area contributed by atoms with Gasteiger partial charge in [-0.2, -0.15) is 0 Å². The largest absolute Gasteiger partial charge is 0.458 e. The molecule has 0 spiro atoms. The van der Waals surface area contributed by atoms with Gasteiger partial charge in [-0.1, -0.05) is 44.2 Å². The molecule has 11 heteroatoms. The molecule has 0 heterocycles. The van der Waals surface area contributed by atoms with Gasteiger partial charge < -0.3 is 29.5 Å². The van der Waals surface area contributed by atoms with E-state index in [4.69, 9.17) is 14.2 Å². The van der Waals surface area contributed by atoms with Crippen molar-refractivity contribution >= 4 is 23.7 Å². The Balaban J connectivity index is 1.82. The van der Waals surface area contributed by atoms with Crippen LogP contribution in [0.25, 0.3) is 0 Å².